The van der Waals surface area contributed by atoms with Crippen molar-refractivity contribution in [3.8, 4) is 0 Å². The van der Waals surface area contributed by atoms with Crippen LogP contribution in [0.5, 0.6) is 0 Å². The monoisotopic (exact) mass is 344 g/mol. The molecular formula is C17H13ClN2O2S. The van der Waals surface area contributed by atoms with Crippen molar-refractivity contribution in [1.82, 2.24) is 9.97 Å². The van der Waals surface area contributed by atoms with E-state index in [1.54, 1.807) is 36.3 Å². The smallest absolute Gasteiger partial charge is 0.338 e. The first kappa shape index (κ1) is 15.8. The highest BCUT2D eigenvalue weighted by Gasteiger charge is 2.10. The Morgan fingerprint density at radius 1 is 1.22 bits per heavy atom. The quantitative estimate of drug-likeness (QED) is 0.400. The normalized spacial score (nSPS) is 10.7. The number of nitrogens with zero attached hydrogens (tertiary/aromatic N) is 2. The van der Waals surface area contributed by atoms with Crippen molar-refractivity contribution in [2.75, 3.05) is 6.26 Å². The van der Waals surface area contributed by atoms with Gasteiger partial charge in [0, 0.05) is 28.2 Å². The standard InChI is InChI=1S/C17H13ClN2O2S/c1-23-14-3-2-12-8-13(16(18)20-15(12)9-14)10-22-17(21)11-4-6-19-7-5-11/h2-9H,10H2,1H3. The van der Waals surface area contributed by atoms with Crippen molar-refractivity contribution < 1.29 is 9.53 Å². The summed E-state index contributed by atoms with van der Waals surface area (Å²) < 4.78 is 5.29. The molecule has 1 aromatic carbocycles. The number of thioether (sulfide) groups is 1. The van der Waals surface area contributed by atoms with E-state index in [0.29, 0.717) is 16.3 Å². The van der Waals surface area contributed by atoms with E-state index in [4.69, 9.17) is 16.3 Å². The molecule has 0 aliphatic carbocycles. The predicted octanol–water partition coefficient (Wildman–Crippen LogP) is 4.36. The number of halogens is 1. The number of hydrogen-bond acceptors (Lipinski definition) is 5. The van der Waals surface area contributed by atoms with Gasteiger partial charge in [-0.25, -0.2) is 9.78 Å². The van der Waals surface area contributed by atoms with Crippen LogP contribution in [0.15, 0.2) is 53.7 Å². The molecule has 0 saturated heterocycles. The Hall–Kier alpha value is -2.11. The highest BCUT2D eigenvalue weighted by atomic mass is 35.5. The summed E-state index contributed by atoms with van der Waals surface area (Å²) >= 11 is 7.86. The number of fused-ring (bicyclic) bond motifs is 1. The van der Waals surface area contributed by atoms with Crippen LogP contribution in [0.4, 0.5) is 0 Å². The SMILES string of the molecule is CSc1ccc2cc(COC(=O)c3ccncc3)c(Cl)nc2c1. The Balaban J connectivity index is 1.80. The Kier molecular flexibility index (Phi) is 4.79. The molecule has 0 radical (unpaired) electrons. The summed E-state index contributed by atoms with van der Waals surface area (Å²) in [6, 6.07) is 11.1. The molecule has 0 amide bonds. The number of carbonyl (C=O) groups excluding carboxylic acids is 1. The summed E-state index contributed by atoms with van der Waals surface area (Å²) in [5.74, 6) is -0.415. The van der Waals surface area contributed by atoms with E-state index in [1.807, 2.05) is 30.5 Å². The lowest BCUT2D eigenvalue weighted by Gasteiger charge is -2.08. The second kappa shape index (κ2) is 6.98. The molecular weight excluding hydrogens is 332 g/mol. The van der Waals surface area contributed by atoms with E-state index in [2.05, 4.69) is 9.97 Å². The van der Waals surface area contributed by atoms with Gasteiger partial charge in [0.05, 0.1) is 11.1 Å². The molecule has 0 atom stereocenters. The van der Waals surface area contributed by atoms with Gasteiger partial charge in [0.25, 0.3) is 0 Å². The molecule has 6 heteroatoms. The minimum absolute atomic E-state index is 0.0766. The lowest BCUT2D eigenvalue weighted by Crippen LogP contribution is -2.06. The van der Waals surface area contributed by atoms with Crippen molar-refractivity contribution in [1.29, 1.82) is 0 Å². The Morgan fingerprint density at radius 2 is 2.00 bits per heavy atom. The second-order valence-electron chi connectivity index (χ2n) is 4.81. The van der Waals surface area contributed by atoms with E-state index in [9.17, 15) is 4.79 Å². The summed E-state index contributed by atoms with van der Waals surface area (Å²) in [7, 11) is 0. The van der Waals surface area contributed by atoms with Crippen molar-refractivity contribution in [2.45, 2.75) is 11.5 Å². The number of pyridine rings is 2. The third-order valence-corrected chi connectivity index (χ3v) is 4.38. The summed E-state index contributed by atoms with van der Waals surface area (Å²) in [6.07, 6.45) is 5.10. The lowest BCUT2D eigenvalue weighted by molar-refractivity contribution is 0.0472. The molecule has 0 spiro atoms. The summed E-state index contributed by atoms with van der Waals surface area (Å²) in [5, 5.41) is 1.31. The van der Waals surface area contributed by atoms with Gasteiger partial charge in [-0.05, 0) is 36.6 Å². The molecule has 0 N–H and O–H groups in total. The highest BCUT2D eigenvalue weighted by Crippen LogP contribution is 2.25. The number of rotatable bonds is 4. The molecule has 23 heavy (non-hydrogen) atoms. The molecule has 2 heterocycles. The van der Waals surface area contributed by atoms with Crippen LogP contribution in [0, 0.1) is 0 Å². The highest BCUT2D eigenvalue weighted by molar-refractivity contribution is 7.98. The first-order chi connectivity index (χ1) is 11.2. The van der Waals surface area contributed by atoms with Crippen LogP contribution in [-0.2, 0) is 11.3 Å². The maximum absolute atomic E-state index is 12.0. The number of ether oxygens (including phenoxy) is 1. The molecule has 116 valence electrons. The lowest BCUT2D eigenvalue weighted by atomic mass is 10.1. The number of hydrogen-bond donors (Lipinski definition) is 0. The first-order valence-corrected chi connectivity index (χ1v) is 8.48. The molecule has 0 unspecified atom stereocenters. The topological polar surface area (TPSA) is 52.1 Å². The van der Waals surface area contributed by atoms with Crippen molar-refractivity contribution in [2.24, 2.45) is 0 Å². The molecule has 0 fully saturated rings. The van der Waals surface area contributed by atoms with Crippen molar-refractivity contribution in [3.05, 3.63) is 65.1 Å². The zero-order chi connectivity index (χ0) is 16.2. The van der Waals surface area contributed by atoms with E-state index in [0.717, 1.165) is 15.8 Å². The number of carbonyl (C=O) groups is 1. The molecule has 0 saturated carbocycles. The van der Waals surface area contributed by atoms with Gasteiger partial charge in [-0.1, -0.05) is 17.7 Å². The fourth-order valence-electron chi connectivity index (χ4n) is 2.11. The van der Waals surface area contributed by atoms with Gasteiger partial charge in [0.15, 0.2) is 0 Å². The van der Waals surface area contributed by atoms with Gasteiger partial charge in [-0.3, -0.25) is 4.98 Å². The predicted molar refractivity (Wildman–Crippen MR) is 91.9 cm³/mol. The van der Waals surface area contributed by atoms with Gasteiger partial charge >= 0.3 is 5.97 Å². The zero-order valence-corrected chi connectivity index (χ0v) is 13.9. The largest absolute Gasteiger partial charge is 0.457 e. The minimum Gasteiger partial charge on any atom is -0.457 e. The van der Waals surface area contributed by atoms with E-state index in [1.165, 1.54) is 0 Å². The van der Waals surface area contributed by atoms with Gasteiger partial charge in [-0.2, -0.15) is 0 Å². The van der Waals surface area contributed by atoms with Crippen LogP contribution in [0.25, 0.3) is 10.9 Å². The van der Waals surface area contributed by atoms with Crippen LogP contribution < -0.4 is 0 Å². The minimum atomic E-state index is -0.415. The van der Waals surface area contributed by atoms with E-state index in [-0.39, 0.29) is 6.61 Å². The molecule has 0 aliphatic heterocycles. The fraction of sp³-hybridized carbons (Fsp3) is 0.118. The summed E-state index contributed by atoms with van der Waals surface area (Å²) in [5.41, 5.74) is 1.96. The maximum atomic E-state index is 12.0. The van der Waals surface area contributed by atoms with E-state index >= 15 is 0 Å². The van der Waals surface area contributed by atoms with Gasteiger partial charge < -0.3 is 4.74 Å². The number of benzene rings is 1. The third-order valence-electron chi connectivity index (χ3n) is 3.33. The van der Waals surface area contributed by atoms with Crippen molar-refractivity contribution in [3.63, 3.8) is 0 Å². The first-order valence-electron chi connectivity index (χ1n) is 6.87. The zero-order valence-electron chi connectivity index (χ0n) is 12.3. The van der Waals surface area contributed by atoms with Gasteiger partial charge in [-0.15, -0.1) is 11.8 Å². The number of esters is 1. The Labute approximate surface area is 142 Å². The van der Waals surface area contributed by atoms with E-state index < -0.39 is 5.97 Å². The average molecular weight is 345 g/mol. The Morgan fingerprint density at radius 3 is 2.74 bits per heavy atom. The Bertz CT molecular complexity index is 856. The van der Waals surface area contributed by atoms with Gasteiger partial charge in [0.2, 0.25) is 0 Å². The molecule has 2 aromatic heterocycles. The van der Waals surface area contributed by atoms with Crippen LogP contribution in [0.1, 0.15) is 15.9 Å². The van der Waals surface area contributed by atoms with Crippen LogP contribution in [0.2, 0.25) is 5.15 Å². The van der Waals surface area contributed by atoms with Gasteiger partial charge in [0.1, 0.15) is 11.8 Å². The third kappa shape index (κ3) is 3.63. The van der Waals surface area contributed by atoms with Crippen LogP contribution in [0.3, 0.4) is 0 Å². The molecule has 3 aromatic rings. The average Bonchev–Trinajstić information content (AvgIpc) is 2.60. The van der Waals surface area contributed by atoms with Crippen LogP contribution in [-0.4, -0.2) is 22.2 Å². The maximum Gasteiger partial charge on any atom is 0.338 e. The molecule has 0 bridgehead atoms. The summed E-state index contributed by atoms with van der Waals surface area (Å²) in [6.45, 7) is 0.0766. The molecule has 3 rings (SSSR count). The van der Waals surface area contributed by atoms with Crippen molar-refractivity contribution >= 4 is 40.2 Å². The second-order valence-corrected chi connectivity index (χ2v) is 6.05. The fourth-order valence-corrected chi connectivity index (χ4v) is 2.74. The molecule has 0 aliphatic rings. The van der Waals surface area contributed by atoms with Crippen LogP contribution >= 0.6 is 23.4 Å². The molecule has 4 nitrogen and oxygen atoms in total. The summed E-state index contributed by atoms with van der Waals surface area (Å²) in [4.78, 5) is 21.3. The number of aromatic nitrogens is 2.